The molecule has 264 valence electrons. The van der Waals surface area contributed by atoms with E-state index in [1.54, 1.807) is 29.4 Å². The summed E-state index contributed by atoms with van der Waals surface area (Å²) in [5.74, 6) is 1.08. The van der Waals surface area contributed by atoms with Crippen molar-refractivity contribution in [2.24, 2.45) is 11.3 Å². The minimum atomic E-state index is -0.418. The molecule has 0 radical (unpaired) electrons. The number of carbonyl (C=O) groups excluding carboxylic acids is 2. The number of hydrogen-bond acceptors (Lipinski definition) is 8. The van der Waals surface area contributed by atoms with Gasteiger partial charge in [-0.05, 0) is 71.5 Å². The van der Waals surface area contributed by atoms with Crippen LogP contribution in [0, 0.1) is 24.1 Å². The Morgan fingerprint density at radius 2 is 1.73 bits per heavy atom. The van der Waals surface area contributed by atoms with Crippen molar-refractivity contribution in [2.75, 3.05) is 18.4 Å². The van der Waals surface area contributed by atoms with Gasteiger partial charge in [-0.15, -0.1) is 0 Å². The van der Waals surface area contributed by atoms with Crippen LogP contribution in [0.15, 0.2) is 85.2 Å². The number of anilines is 1. The first-order chi connectivity index (χ1) is 24.4. The molecular formula is C41H44FN5O4. The van der Waals surface area contributed by atoms with Crippen LogP contribution in [-0.2, 0) is 22.6 Å². The number of piperidine rings is 1. The van der Waals surface area contributed by atoms with Crippen molar-refractivity contribution in [3.05, 3.63) is 108 Å². The quantitative estimate of drug-likeness (QED) is 0.155. The summed E-state index contributed by atoms with van der Waals surface area (Å²) in [6.45, 7) is 11.3. The Hall–Kier alpha value is -5.38. The van der Waals surface area contributed by atoms with Crippen LogP contribution >= 0.6 is 0 Å². The van der Waals surface area contributed by atoms with Crippen LogP contribution in [0.4, 0.5) is 15.1 Å². The highest BCUT2D eigenvalue weighted by Gasteiger charge is 2.29. The van der Waals surface area contributed by atoms with E-state index in [1.807, 2.05) is 82.3 Å². The van der Waals surface area contributed by atoms with Gasteiger partial charge in [-0.3, -0.25) is 4.79 Å². The predicted molar refractivity (Wildman–Crippen MR) is 196 cm³/mol. The SMILES string of the molecule is Cc1ccc2c(CC(=O)CC(C)(C)C)c(F)ccc2c1Oc1ncccc1-c1ccnc(N[C@H]2C[C@@H](C)CN(C(=O)OCc3ccccc3)C2)n1. The maximum atomic E-state index is 15.2. The summed E-state index contributed by atoms with van der Waals surface area (Å²) >= 11 is 0. The summed E-state index contributed by atoms with van der Waals surface area (Å²) < 4.78 is 27.3. The van der Waals surface area contributed by atoms with Crippen LogP contribution in [0.25, 0.3) is 22.0 Å². The number of nitrogens with one attached hydrogen (secondary N) is 1. The summed E-state index contributed by atoms with van der Waals surface area (Å²) in [5, 5.41) is 4.75. The average molecular weight is 690 g/mol. The van der Waals surface area contributed by atoms with Gasteiger partial charge in [0.25, 0.3) is 0 Å². The van der Waals surface area contributed by atoms with Gasteiger partial charge in [0, 0.05) is 55.3 Å². The zero-order chi connectivity index (χ0) is 36.1. The zero-order valence-corrected chi connectivity index (χ0v) is 29.8. The van der Waals surface area contributed by atoms with Gasteiger partial charge in [-0.25, -0.2) is 24.1 Å². The van der Waals surface area contributed by atoms with E-state index in [0.717, 1.165) is 17.5 Å². The Labute approximate surface area is 298 Å². The first kappa shape index (κ1) is 35.4. The highest BCUT2D eigenvalue weighted by Crippen LogP contribution is 2.38. The van der Waals surface area contributed by atoms with E-state index in [1.165, 1.54) is 6.07 Å². The maximum Gasteiger partial charge on any atom is 0.410 e. The highest BCUT2D eigenvalue weighted by atomic mass is 19.1. The number of ketones is 1. The fourth-order valence-corrected chi connectivity index (χ4v) is 6.63. The van der Waals surface area contributed by atoms with E-state index >= 15 is 4.39 Å². The molecule has 6 rings (SSSR count). The minimum absolute atomic E-state index is 0.000891. The van der Waals surface area contributed by atoms with Crippen LogP contribution < -0.4 is 10.1 Å². The van der Waals surface area contributed by atoms with Crippen LogP contribution in [0.2, 0.25) is 0 Å². The molecule has 51 heavy (non-hydrogen) atoms. The number of nitrogens with zero attached hydrogens (tertiary/aromatic N) is 4. The molecule has 1 saturated heterocycles. The van der Waals surface area contributed by atoms with Crippen LogP contribution in [-0.4, -0.2) is 50.9 Å². The third-order valence-corrected chi connectivity index (χ3v) is 8.86. The second-order valence-corrected chi connectivity index (χ2v) is 14.6. The number of aryl methyl sites for hydroxylation is 1. The number of carbonyl (C=O) groups is 2. The lowest BCUT2D eigenvalue weighted by atomic mass is 9.87. The fraction of sp³-hybridized carbons (Fsp3) is 0.341. The van der Waals surface area contributed by atoms with Crippen molar-refractivity contribution in [1.29, 1.82) is 0 Å². The highest BCUT2D eigenvalue weighted by molar-refractivity contribution is 5.95. The molecule has 0 spiro atoms. The molecule has 1 aliphatic heterocycles. The normalized spacial score (nSPS) is 16.2. The number of likely N-dealkylation sites (tertiary alicyclic amines) is 1. The van der Waals surface area contributed by atoms with Gasteiger partial charge in [-0.2, -0.15) is 0 Å². The molecule has 1 fully saturated rings. The summed E-state index contributed by atoms with van der Waals surface area (Å²) in [7, 11) is 0. The molecule has 1 amide bonds. The van der Waals surface area contributed by atoms with Gasteiger partial charge < -0.3 is 19.7 Å². The largest absolute Gasteiger partial charge is 0.445 e. The van der Waals surface area contributed by atoms with Gasteiger partial charge in [0.05, 0.1) is 11.3 Å². The van der Waals surface area contributed by atoms with Crippen molar-refractivity contribution in [3.8, 4) is 22.9 Å². The summed E-state index contributed by atoms with van der Waals surface area (Å²) in [4.78, 5) is 41.5. The molecule has 2 aromatic heterocycles. The van der Waals surface area contributed by atoms with Crippen LogP contribution in [0.3, 0.4) is 0 Å². The monoisotopic (exact) mass is 689 g/mol. The first-order valence-corrected chi connectivity index (χ1v) is 17.3. The zero-order valence-electron chi connectivity index (χ0n) is 29.8. The number of Topliss-reactive ketones (excluding diaryl/α,β-unsaturated/α-hetero) is 1. The third-order valence-electron chi connectivity index (χ3n) is 8.86. The standard InChI is InChI=1S/C41H44FN5O4/c1-26-20-29(24-47(23-26)40(49)50-25-28-10-7-6-8-11-28)45-39-44-19-17-36(46-39)33-12-9-18-43-38(33)51-37-27(2)13-14-31-32(37)15-16-35(42)34(31)21-30(48)22-41(3,4)5/h6-19,26,29H,20-25H2,1-5H3,(H,44,45,46)/t26-,29+/m1/s1. The number of aromatic nitrogens is 3. The molecule has 3 heterocycles. The lowest BCUT2D eigenvalue weighted by Crippen LogP contribution is -2.48. The number of benzene rings is 3. The number of ether oxygens (including phenoxy) is 2. The first-order valence-electron chi connectivity index (χ1n) is 17.3. The van der Waals surface area contributed by atoms with Crippen LogP contribution in [0.1, 0.15) is 57.2 Å². The molecule has 1 N–H and O–H groups in total. The van der Waals surface area contributed by atoms with Crippen LogP contribution in [0.5, 0.6) is 11.6 Å². The molecule has 2 atom stereocenters. The number of amides is 1. The smallest absolute Gasteiger partial charge is 0.410 e. The molecule has 10 heteroatoms. The lowest BCUT2D eigenvalue weighted by molar-refractivity contribution is -0.120. The topological polar surface area (TPSA) is 107 Å². The molecule has 3 aromatic carbocycles. The number of pyridine rings is 1. The van der Waals surface area contributed by atoms with Gasteiger partial charge in [-0.1, -0.05) is 70.2 Å². The molecule has 0 aliphatic carbocycles. The van der Waals surface area contributed by atoms with E-state index in [0.29, 0.717) is 64.7 Å². The Kier molecular flexibility index (Phi) is 10.6. The van der Waals surface area contributed by atoms with Crippen molar-refractivity contribution in [1.82, 2.24) is 19.9 Å². The van der Waals surface area contributed by atoms with E-state index in [2.05, 4.69) is 22.2 Å². The molecule has 5 aromatic rings. The number of fused-ring (bicyclic) bond motifs is 1. The van der Waals surface area contributed by atoms with E-state index in [-0.39, 0.29) is 42.3 Å². The summed E-state index contributed by atoms with van der Waals surface area (Å²) in [6.07, 6.45) is 4.16. The van der Waals surface area contributed by atoms with Gasteiger partial charge in [0.2, 0.25) is 11.8 Å². The molecule has 0 bridgehead atoms. The van der Waals surface area contributed by atoms with E-state index in [4.69, 9.17) is 14.5 Å². The second-order valence-electron chi connectivity index (χ2n) is 14.6. The van der Waals surface area contributed by atoms with Gasteiger partial charge in [0.1, 0.15) is 24.0 Å². The molecule has 9 nitrogen and oxygen atoms in total. The Bertz CT molecular complexity index is 2030. The van der Waals surface area contributed by atoms with E-state index in [9.17, 15) is 9.59 Å². The molecule has 1 aliphatic rings. The molecular weight excluding hydrogens is 645 g/mol. The number of hydrogen-bond donors (Lipinski definition) is 1. The Morgan fingerprint density at radius 3 is 2.51 bits per heavy atom. The van der Waals surface area contributed by atoms with Crippen molar-refractivity contribution in [2.45, 2.75) is 66.5 Å². The maximum absolute atomic E-state index is 15.2. The summed E-state index contributed by atoms with van der Waals surface area (Å²) in [6, 6.07) is 21.8. The predicted octanol–water partition coefficient (Wildman–Crippen LogP) is 8.94. The van der Waals surface area contributed by atoms with Crippen molar-refractivity contribution in [3.63, 3.8) is 0 Å². The summed E-state index contributed by atoms with van der Waals surface area (Å²) in [5.41, 5.74) is 3.18. The minimum Gasteiger partial charge on any atom is -0.445 e. The van der Waals surface area contributed by atoms with Crippen molar-refractivity contribution >= 4 is 28.6 Å². The van der Waals surface area contributed by atoms with Gasteiger partial charge in [0.15, 0.2) is 0 Å². The van der Waals surface area contributed by atoms with Gasteiger partial charge >= 0.3 is 6.09 Å². The number of rotatable bonds is 10. The molecule has 0 saturated carbocycles. The fourth-order valence-electron chi connectivity index (χ4n) is 6.63. The van der Waals surface area contributed by atoms with E-state index < -0.39 is 5.82 Å². The average Bonchev–Trinajstić information content (AvgIpc) is 3.09. The molecule has 0 unspecified atom stereocenters. The Balaban J connectivity index is 1.21. The number of halogens is 1. The van der Waals surface area contributed by atoms with Crippen molar-refractivity contribution < 1.29 is 23.5 Å². The Morgan fingerprint density at radius 1 is 0.941 bits per heavy atom. The lowest BCUT2D eigenvalue weighted by Gasteiger charge is -2.36. The second kappa shape index (κ2) is 15.2. The third kappa shape index (κ3) is 8.86.